The highest BCUT2D eigenvalue weighted by molar-refractivity contribution is 5.90. The van der Waals surface area contributed by atoms with Crippen molar-refractivity contribution in [3.63, 3.8) is 0 Å². The molecule has 1 aromatic heterocycles. The number of benzene rings is 2. The minimum absolute atomic E-state index is 0.234. The van der Waals surface area contributed by atoms with Crippen LogP contribution in [0.2, 0.25) is 0 Å². The molecule has 1 saturated heterocycles. The number of anilines is 3. The van der Waals surface area contributed by atoms with Crippen LogP contribution in [0.5, 0.6) is 0 Å². The van der Waals surface area contributed by atoms with Gasteiger partial charge in [0.25, 0.3) is 0 Å². The first-order valence-electron chi connectivity index (χ1n) is 10.2. The lowest BCUT2D eigenvalue weighted by atomic mass is 10.1. The first kappa shape index (κ1) is 19.7. The molecule has 7 nitrogen and oxygen atoms in total. The van der Waals surface area contributed by atoms with E-state index in [0.717, 1.165) is 29.8 Å². The molecule has 3 aromatic rings. The van der Waals surface area contributed by atoms with Crippen molar-refractivity contribution in [1.82, 2.24) is 15.3 Å². The summed E-state index contributed by atoms with van der Waals surface area (Å²) >= 11 is 0. The molecule has 2 amide bonds. The third kappa shape index (κ3) is 4.86. The van der Waals surface area contributed by atoms with Crippen molar-refractivity contribution in [2.24, 2.45) is 0 Å². The van der Waals surface area contributed by atoms with E-state index in [2.05, 4.69) is 43.7 Å². The van der Waals surface area contributed by atoms with Crippen molar-refractivity contribution in [2.75, 3.05) is 29.0 Å². The third-order valence-corrected chi connectivity index (χ3v) is 5.25. The molecule has 154 valence electrons. The van der Waals surface area contributed by atoms with Crippen molar-refractivity contribution >= 4 is 23.4 Å². The predicted molar refractivity (Wildman–Crippen MR) is 120 cm³/mol. The van der Waals surface area contributed by atoms with Crippen molar-refractivity contribution in [3.8, 4) is 11.1 Å². The number of urea groups is 1. The molecule has 1 aliphatic heterocycles. The Kier molecular flexibility index (Phi) is 6.08. The number of hydrogen-bond acceptors (Lipinski definition) is 5. The number of nitrogens with zero attached hydrogens (tertiary/aromatic N) is 3. The van der Waals surface area contributed by atoms with E-state index in [4.69, 9.17) is 5.73 Å². The number of aromatic nitrogens is 2. The maximum atomic E-state index is 12.5. The van der Waals surface area contributed by atoms with Gasteiger partial charge in [0.05, 0.1) is 0 Å². The van der Waals surface area contributed by atoms with Crippen molar-refractivity contribution in [2.45, 2.75) is 25.8 Å². The second kappa shape index (κ2) is 9.26. The van der Waals surface area contributed by atoms with E-state index in [1.807, 2.05) is 30.3 Å². The van der Waals surface area contributed by atoms with Crippen LogP contribution in [0, 0.1) is 0 Å². The van der Waals surface area contributed by atoms with Gasteiger partial charge in [-0.3, -0.25) is 0 Å². The fourth-order valence-corrected chi connectivity index (χ4v) is 3.72. The summed E-state index contributed by atoms with van der Waals surface area (Å²) in [6, 6.07) is 15.6. The molecule has 0 unspecified atom stereocenters. The summed E-state index contributed by atoms with van der Waals surface area (Å²) in [6.07, 6.45) is 7.06. The third-order valence-electron chi connectivity index (χ3n) is 5.25. The van der Waals surface area contributed by atoms with E-state index in [9.17, 15) is 4.79 Å². The summed E-state index contributed by atoms with van der Waals surface area (Å²) in [5.41, 5.74) is 10.3. The van der Waals surface area contributed by atoms with Crippen LogP contribution in [0.4, 0.5) is 22.1 Å². The monoisotopic (exact) mass is 402 g/mol. The zero-order valence-corrected chi connectivity index (χ0v) is 16.8. The number of para-hydroxylation sites is 1. The fourth-order valence-electron chi connectivity index (χ4n) is 3.72. The minimum Gasteiger partial charge on any atom is -0.371 e. The van der Waals surface area contributed by atoms with Crippen LogP contribution in [0.25, 0.3) is 11.1 Å². The Morgan fingerprint density at radius 1 is 0.967 bits per heavy atom. The van der Waals surface area contributed by atoms with E-state index in [1.165, 1.54) is 24.9 Å². The van der Waals surface area contributed by atoms with E-state index < -0.39 is 0 Å². The number of carbonyl (C=O) groups is 1. The highest BCUT2D eigenvalue weighted by Gasteiger charge is 2.14. The summed E-state index contributed by atoms with van der Waals surface area (Å²) in [5.74, 6) is 0.234. The molecule has 4 N–H and O–H groups in total. The van der Waals surface area contributed by atoms with E-state index >= 15 is 0 Å². The van der Waals surface area contributed by atoms with Crippen LogP contribution < -0.4 is 21.3 Å². The Hall–Kier alpha value is -3.61. The SMILES string of the molecule is Nc1ncc(-c2cccc(NC(=O)NCc3ccccc3N3CCCCC3)c2)cn1. The Balaban J connectivity index is 1.39. The summed E-state index contributed by atoms with van der Waals surface area (Å²) in [6.45, 7) is 2.62. The summed E-state index contributed by atoms with van der Waals surface area (Å²) in [5, 5.41) is 5.88. The molecule has 0 radical (unpaired) electrons. The molecule has 2 heterocycles. The van der Waals surface area contributed by atoms with Crippen molar-refractivity contribution in [3.05, 3.63) is 66.5 Å². The molecule has 2 aromatic carbocycles. The molecule has 7 heteroatoms. The van der Waals surface area contributed by atoms with Crippen LogP contribution in [0.15, 0.2) is 60.9 Å². The number of amides is 2. The number of nitrogen functional groups attached to an aromatic ring is 1. The topological polar surface area (TPSA) is 96.2 Å². The minimum atomic E-state index is -0.242. The Morgan fingerprint density at radius 3 is 2.53 bits per heavy atom. The van der Waals surface area contributed by atoms with Crippen molar-refractivity contribution < 1.29 is 4.79 Å². The normalized spacial score (nSPS) is 13.7. The van der Waals surface area contributed by atoms with Crippen molar-refractivity contribution in [1.29, 1.82) is 0 Å². The molecule has 0 aliphatic carbocycles. The number of rotatable bonds is 5. The van der Waals surface area contributed by atoms with E-state index in [1.54, 1.807) is 12.4 Å². The van der Waals surface area contributed by atoms with Crippen LogP contribution in [0.1, 0.15) is 24.8 Å². The van der Waals surface area contributed by atoms with Gasteiger partial charge in [0, 0.05) is 49.0 Å². The number of nitrogens with one attached hydrogen (secondary N) is 2. The molecule has 0 bridgehead atoms. The molecule has 1 fully saturated rings. The lowest BCUT2D eigenvalue weighted by molar-refractivity contribution is 0.252. The molecule has 30 heavy (non-hydrogen) atoms. The fraction of sp³-hybridized carbons (Fsp3) is 0.261. The second-order valence-electron chi connectivity index (χ2n) is 7.39. The van der Waals surface area contributed by atoms with Gasteiger partial charge in [0.2, 0.25) is 5.95 Å². The lowest BCUT2D eigenvalue weighted by Gasteiger charge is -2.30. The highest BCUT2D eigenvalue weighted by atomic mass is 16.2. The van der Waals surface area contributed by atoms with Crippen LogP contribution in [0.3, 0.4) is 0 Å². The van der Waals surface area contributed by atoms with Gasteiger partial charge in [-0.1, -0.05) is 30.3 Å². The molecule has 1 aliphatic rings. The van der Waals surface area contributed by atoms with Gasteiger partial charge in [-0.2, -0.15) is 0 Å². The quantitative estimate of drug-likeness (QED) is 0.599. The number of carbonyl (C=O) groups excluding carboxylic acids is 1. The molecule has 0 spiro atoms. The smallest absolute Gasteiger partial charge is 0.319 e. The first-order valence-corrected chi connectivity index (χ1v) is 10.2. The predicted octanol–water partition coefficient (Wildman–Crippen LogP) is 4.04. The van der Waals surface area contributed by atoms with Gasteiger partial charge in [0.15, 0.2) is 0 Å². The van der Waals surface area contributed by atoms with Crippen LogP contribution in [-0.4, -0.2) is 29.1 Å². The Bertz CT molecular complexity index is 999. The average molecular weight is 403 g/mol. The largest absolute Gasteiger partial charge is 0.371 e. The molecule has 0 saturated carbocycles. The molecular formula is C23H26N6O. The first-order chi connectivity index (χ1) is 14.7. The number of nitrogens with two attached hydrogens (primary N) is 1. The van der Waals surface area contributed by atoms with E-state index in [-0.39, 0.29) is 12.0 Å². The van der Waals surface area contributed by atoms with Gasteiger partial charge in [-0.05, 0) is 48.6 Å². The Morgan fingerprint density at radius 2 is 1.73 bits per heavy atom. The summed E-state index contributed by atoms with van der Waals surface area (Å²) < 4.78 is 0. The van der Waals surface area contributed by atoms with Crippen LogP contribution in [-0.2, 0) is 6.54 Å². The standard InChI is InChI=1S/C23H26N6O/c24-22-25-15-19(16-26-22)17-8-6-9-20(13-17)28-23(30)27-14-18-7-2-3-10-21(18)29-11-4-1-5-12-29/h2-3,6-10,13,15-16H,1,4-5,11-12,14H2,(H2,24,25,26)(H2,27,28,30). The second-order valence-corrected chi connectivity index (χ2v) is 7.39. The average Bonchev–Trinajstić information content (AvgIpc) is 2.79. The van der Waals surface area contributed by atoms with Gasteiger partial charge >= 0.3 is 6.03 Å². The molecule has 4 rings (SSSR count). The number of piperidine rings is 1. The summed E-state index contributed by atoms with van der Waals surface area (Å²) in [4.78, 5) is 22.9. The Labute approximate surface area is 176 Å². The van der Waals surface area contributed by atoms with Gasteiger partial charge < -0.3 is 21.3 Å². The van der Waals surface area contributed by atoms with Gasteiger partial charge in [0.1, 0.15) is 0 Å². The lowest BCUT2D eigenvalue weighted by Crippen LogP contribution is -2.32. The zero-order valence-electron chi connectivity index (χ0n) is 16.8. The zero-order chi connectivity index (χ0) is 20.8. The maximum absolute atomic E-state index is 12.5. The maximum Gasteiger partial charge on any atom is 0.319 e. The molecular weight excluding hydrogens is 376 g/mol. The van der Waals surface area contributed by atoms with Gasteiger partial charge in [-0.15, -0.1) is 0 Å². The number of hydrogen-bond donors (Lipinski definition) is 3. The molecule has 0 atom stereocenters. The van der Waals surface area contributed by atoms with Gasteiger partial charge in [-0.25, -0.2) is 14.8 Å². The van der Waals surface area contributed by atoms with E-state index in [0.29, 0.717) is 12.2 Å². The summed E-state index contributed by atoms with van der Waals surface area (Å²) in [7, 11) is 0. The van der Waals surface area contributed by atoms with Crippen LogP contribution >= 0.6 is 0 Å². The highest BCUT2D eigenvalue weighted by Crippen LogP contribution is 2.24.